The molecule has 0 aliphatic carbocycles. The third kappa shape index (κ3) is 12.9. The second-order valence-corrected chi connectivity index (χ2v) is 13.0. The van der Waals surface area contributed by atoms with E-state index in [1.165, 1.54) is 19.1 Å². The molecule has 0 spiro atoms. The fourth-order valence-corrected chi connectivity index (χ4v) is 4.94. The maximum Gasteiger partial charge on any atom is 0.408 e. The van der Waals surface area contributed by atoms with Crippen molar-refractivity contribution in [2.45, 2.75) is 90.4 Å². The summed E-state index contributed by atoms with van der Waals surface area (Å²) in [6.45, 7) is 8.46. The SMILES string of the molecule is CC(C)CC(NC(=O)C(C)NC(=O)C(O)C(O)C(Cc1ccc(Cl)c(Cl)c1)NC(=O)C(OC(=O)NCc1ccccc1)C(C)C)C(N)=O. The summed E-state index contributed by atoms with van der Waals surface area (Å²) in [5, 5.41) is 32.5. The van der Waals surface area contributed by atoms with E-state index in [2.05, 4.69) is 21.3 Å². The number of alkyl carbamates (subject to hydrolysis) is 1. The fraction of sp³-hybridized carbons (Fsp3) is 0.485. The average Bonchev–Trinajstić information content (AvgIpc) is 3.02. The van der Waals surface area contributed by atoms with Gasteiger partial charge in [0.05, 0.1) is 16.1 Å². The molecule has 48 heavy (non-hydrogen) atoms. The largest absolute Gasteiger partial charge is 0.436 e. The number of hydrogen-bond acceptors (Lipinski definition) is 8. The molecule has 15 heteroatoms. The molecular formula is C33H45Cl2N5O8. The summed E-state index contributed by atoms with van der Waals surface area (Å²) >= 11 is 12.2. The maximum atomic E-state index is 13.5. The summed E-state index contributed by atoms with van der Waals surface area (Å²) in [6.07, 6.45) is -6.09. The van der Waals surface area contributed by atoms with Crippen molar-refractivity contribution in [2.75, 3.05) is 0 Å². The molecule has 0 saturated carbocycles. The van der Waals surface area contributed by atoms with Crippen LogP contribution in [-0.4, -0.2) is 76.4 Å². The molecule has 0 radical (unpaired) electrons. The first kappa shape index (κ1) is 40.3. The first-order valence-corrected chi connectivity index (χ1v) is 16.2. The molecule has 0 heterocycles. The van der Waals surface area contributed by atoms with Crippen molar-refractivity contribution in [3.63, 3.8) is 0 Å². The number of ether oxygens (including phenoxy) is 1. The van der Waals surface area contributed by atoms with Gasteiger partial charge >= 0.3 is 6.09 Å². The number of nitrogens with two attached hydrogens (primary N) is 1. The van der Waals surface area contributed by atoms with Crippen LogP contribution in [0.1, 0.15) is 52.2 Å². The zero-order valence-corrected chi connectivity index (χ0v) is 29.0. The van der Waals surface area contributed by atoms with Crippen LogP contribution in [0.3, 0.4) is 0 Å². The maximum absolute atomic E-state index is 13.5. The molecule has 264 valence electrons. The highest BCUT2D eigenvalue weighted by Crippen LogP contribution is 2.24. The van der Waals surface area contributed by atoms with Gasteiger partial charge in [0.2, 0.25) is 11.8 Å². The molecule has 0 aliphatic heterocycles. The molecule has 5 amide bonds. The molecule has 2 aromatic rings. The van der Waals surface area contributed by atoms with Gasteiger partial charge in [-0.25, -0.2) is 4.79 Å². The van der Waals surface area contributed by atoms with Crippen molar-refractivity contribution in [1.82, 2.24) is 21.3 Å². The van der Waals surface area contributed by atoms with Crippen molar-refractivity contribution < 1.29 is 38.9 Å². The van der Waals surface area contributed by atoms with Crippen LogP contribution < -0.4 is 27.0 Å². The Balaban J connectivity index is 2.20. The zero-order chi connectivity index (χ0) is 36.1. The van der Waals surface area contributed by atoms with Crippen molar-refractivity contribution in [3.8, 4) is 0 Å². The van der Waals surface area contributed by atoms with Crippen LogP contribution in [0.25, 0.3) is 0 Å². The Hall–Kier alpha value is -3.91. The molecule has 6 atom stereocenters. The third-order valence-electron chi connectivity index (χ3n) is 7.27. The molecule has 6 unspecified atom stereocenters. The second kappa shape index (κ2) is 19.2. The number of nitrogens with one attached hydrogen (secondary N) is 4. The Morgan fingerprint density at radius 1 is 0.812 bits per heavy atom. The van der Waals surface area contributed by atoms with E-state index >= 15 is 0 Å². The standard InChI is InChI=1S/C33H45Cl2N5O8/c1-17(2)13-25(29(36)43)40-30(44)19(5)38-31(45)27(42)26(41)24(15-21-11-12-22(34)23(35)14-21)39-32(46)28(18(3)4)48-33(47)37-16-20-9-7-6-8-10-20/h6-12,14,17-19,24-28,41-42H,13,15-16H2,1-5H3,(H2,36,43)(H,37,47)(H,38,45)(H,39,46)(H,40,44). The minimum absolute atomic E-state index is 0.0386. The number of rotatable bonds is 17. The average molecular weight is 711 g/mol. The minimum Gasteiger partial charge on any atom is -0.436 e. The normalized spacial score (nSPS) is 15.0. The number of amides is 5. The van der Waals surface area contributed by atoms with Gasteiger partial charge in [-0.05, 0) is 54.9 Å². The molecule has 8 N–H and O–H groups in total. The molecule has 13 nitrogen and oxygen atoms in total. The molecule has 0 aromatic heterocycles. The smallest absolute Gasteiger partial charge is 0.408 e. The van der Waals surface area contributed by atoms with Gasteiger partial charge in [-0.1, -0.05) is 87.3 Å². The summed E-state index contributed by atoms with van der Waals surface area (Å²) in [5.74, 6) is -3.89. The molecule has 0 fully saturated rings. The summed E-state index contributed by atoms with van der Waals surface area (Å²) < 4.78 is 5.42. The highest BCUT2D eigenvalue weighted by molar-refractivity contribution is 6.42. The lowest BCUT2D eigenvalue weighted by Gasteiger charge is -2.30. The minimum atomic E-state index is -2.14. The quantitative estimate of drug-likeness (QED) is 0.129. The van der Waals surface area contributed by atoms with E-state index in [0.29, 0.717) is 5.56 Å². The van der Waals surface area contributed by atoms with Gasteiger partial charge in [0.25, 0.3) is 11.8 Å². The number of benzene rings is 2. The van der Waals surface area contributed by atoms with Crippen LogP contribution in [0, 0.1) is 11.8 Å². The van der Waals surface area contributed by atoms with E-state index in [1.807, 2.05) is 32.0 Å². The lowest BCUT2D eigenvalue weighted by atomic mass is 9.96. The lowest BCUT2D eigenvalue weighted by molar-refractivity contribution is -0.142. The third-order valence-corrected chi connectivity index (χ3v) is 8.01. The summed E-state index contributed by atoms with van der Waals surface area (Å²) in [5.41, 5.74) is 6.68. The van der Waals surface area contributed by atoms with Crippen molar-refractivity contribution in [3.05, 3.63) is 69.7 Å². The Morgan fingerprint density at radius 3 is 2.02 bits per heavy atom. The lowest BCUT2D eigenvalue weighted by Crippen LogP contribution is -2.58. The number of carbonyl (C=O) groups is 5. The second-order valence-electron chi connectivity index (χ2n) is 12.2. The van der Waals surface area contributed by atoms with Gasteiger partial charge < -0.3 is 42.0 Å². The van der Waals surface area contributed by atoms with Crippen LogP contribution in [0.2, 0.25) is 10.0 Å². The molecule has 2 rings (SSSR count). The van der Waals surface area contributed by atoms with Gasteiger partial charge in [-0.2, -0.15) is 0 Å². The Kier molecular flexibility index (Phi) is 16.1. The topological polar surface area (TPSA) is 209 Å². The van der Waals surface area contributed by atoms with Gasteiger partial charge in [-0.3, -0.25) is 19.2 Å². The first-order valence-electron chi connectivity index (χ1n) is 15.5. The highest BCUT2D eigenvalue weighted by atomic mass is 35.5. The summed E-state index contributed by atoms with van der Waals surface area (Å²) in [4.78, 5) is 63.5. The van der Waals surface area contributed by atoms with Crippen LogP contribution in [0.4, 0.5) is 4.79 Å². The highest BCUT2D eigenvalue weighted by Gasteiger charge is 2.37. The Bertz CT molecular complexity index is 1410. The van der Waals surface area contributed by atoms with Crippen LogP contribution in [-0.2, 0) is 36.9 Å². The van der Waals surface area contributed by atoms with Crippen molar-refractivity contribution >= 4 is 52.9 Å². The molecule has 0 bridgehead atoms. The number of primary amides is 1. The van der Waals surface area contributed by atoms with E-state index < -0.39 is 72.1 Å². The number of carbonyl (C=O) groups excluding carboxylic acids is 5. The Labute approximate surface area is 290 Å². The molecule has 0 saturated heterocycles. The van der Waals surface area contributed by atoms with Crippen molar-refractivity contribution in [1.29, 1.82) is 0 Å². The number of aliphatic hydroxyl groups is 2. The van der Waals surface area contributed by atoms with Gasteiger partial charge in [0, 0.05) is 6.54 Å². The zero-order valence-electron chi connectivity index (χ0n) is 27.5. The monoisotopic (exact) mass is 709 g/mol. The van der Waals surface area contributed by atoms with E-state index in [0.717, 1.165) is 5.56 Å². The Morgan fingerprint density at radius 2 is 1.46 bits per heavy atom. The van der Waals surface area contributed by atoms with Gasteiger partial charge in [0.1, 0.15) is 18.2 Å². The van der Waals surface area contributed by atoms with E-state index in [1.54, 1.807) is 32.0 Å². The van der Waals surface area contributed by atoms with Crippen molar-refractivity contribution in [2.24, 2.45) is 17.6 Å². The predicted octanol–water partition coefficient (Wildman–Crippen LogP) is 2.21. The van der Waals surface area contributed by atoms with Gasteiger partial charge in [0.15, 0.2) is 12.2 Å². The van der Waals surface area contributed by atoms with Crippen LogP contribution >= 0.6 is 23.2 Å². The molecule has 2 aromatic carbocycles. The van der Waals surface area contributed by atoms with Crippen LogP contribution in [0.5, 0.6) is 0 Å². The molecule has 0 aliphatic rings. The van der Waals surface area contributed by atoms with Gasteiger partial charge in [-0.15, -0.1) is 0 Å². The van der Waals surface area contributed by atoms with E-state index in [-0.39, 0.29) is 35.3 Å². The predicted molar refractivity (Wildman–Crippen MR) is 181 cm³/mol. The molecular weight excluding hydrogens is 665 g/mol. The summed E-state index contributed by atoms with van der Waals surface area (Å²) in [7, 11) is 0. The number of hydrogen-bond donors (Lipinski definition) is 7. The first-order chi connectivity index (χ1) is 22.5. The van der Waals surface area contributed by atoms with Crippen LogP contribution in [0.15, 0.2) is 48.5 Å². The van der Waals surface area contributed by atoms with E-state index in [4.69, 9.17) is 33.7 Å². The number of aliphatic hydroxyl groups excluding tert-OH is 2. The number of halogens is 2. The van der Waals surface area contributed by atoms with E-state index in [9.17, 15) is 34.2 Å². The summed E-state index contributed by atoms with van der Waals surface area (Å²) in [6, 6.07) is 10.1. The fourth-order valence-electron chi connectivity index (χ4n) is 4.62.